The van der Waals surface area contributed by atoms with E-state index in [1.165, 1.54) is 0 Å². The summed E-state index contributed by atoms with van der Waals surface area (Å²) in [6.07, 6.45) is 0. The van der Waals surface area contributed by atoms with E-state index in [4.69, 9.17) is 9.84 Å². The van der Waals surface area contributed by atoms with Crippen LogP contribution in [0.4, 0.5) is 5.69 Å². The number of hydrogen-bond donors (Lipinski definition) is 2. The lowest BCUT2D eigenvalue weighted by atomic mass is 10.2. The molecule has 0 bridgehead atoms. The van der Waals surface area contributed by atoms with Crippen LogP contribution in [0.1, 0.15) is 24.2 Å². The van der Waals surface area contributed by atoms with Gasteiger partial charge >= 0.3 is 5.97 Å². The van der Waals surface area contributed by atoms with Crippen molar-refractivity contribution in [1.82, 2.24) is 0 Å². The van der Waals surface area contributed by atoms with Gasteiger partial charge in [0.2, 0.25) is 0 Å². The van der Waals surface area contributed by atoms with Gasteiger partial charge in [0.05, 0.1) is 12.2 Å². The van der Waals surface area contributed by atoms with Crippen molar-refractivity contribution in [2.24, 2.45) is 5.92 Å². The zero-order valence-corrected chi connectivity index (χ0v) is 10.3. The highest BCUT2D eigenvalue weighted by Gasteiger charge is 2.01. The summed E-state index contributed by atoms with van der Waals surface area (Å²) < 4.78 is 5.42. The Morgan fingerprint density at radius 2 is 2.00 bits per heavy atom. The molecule has 0 aliphatic rings. The summed E-state index contributed by atoms with van der Waals surface area (Å²) in [7, 11) is 0. The monoisotopic (exact) mass is 237 g/mol. The molecule has 0 aromatic heterocycles. The van der Waals surface area contributed by atoms with Crippen LogP contribution in [0.3, 0.4) is 0 Å². The molecule has 0 spiro atoms. The van der Waals surface area contributed by atoms with Gasteiger partial charge < -0.3 is 15.2 Å². The number of carboxylic acid groups (broad SMARTS) is 1. The molecule has 0 atom stereocenters. The third kappa shape index (κ3) is 5.36. The lowest BCUT2D eigenvalue weighted by Gasteiger charge is -2.09. The third-order valence-electron chi connectivity index (χ3n) is 2.16. The van der Waals surface area contributed by atoms with Gasteiger partial charge in [0, 0.05) is 18.8 Å². The number of carboxylic acids is 1. The first-order chi connectivity index (χ1) is 8.09. The molecule has 17 heavy (non-hydrogen) atoms. The molecule has 0 saturated carbocycles. The van der Waals surface area contributed by atoms with Crippen molar-refractivity contribution >= 4 is 11.7 Å². The number of rotatable bonds is 7. The number of ether oxygens (including phenoxy) is 1. The van der Waals surface area contributed by atoms with E-state index in [9.17, 15) is 4.79 Å². The van der Waals surface area contributed by atoms with Crippen LogP contribution >= 0.6 is 0 Å². The summed E-state index contributed by atoms with van der Waals surface area (Å²) in [4.78, 5) is 10.6. The summed E-state index contributed by atoms with van der Waals surface area (Å²) in [6.45, 7) is 6.35. The normalized spacial score (nSPS) is 10.5. The fourth-order valence-electron chi connectivity index (χ4n) is 1.32. The van der Waals surface area contributed by atoms with Gasteiger partial charge in [0.15, 0.2) is 0 Å². The maximum atomic E-state index is 10.6. The van der Waals surface area contributed by atoms with E-state index in [0.717, 1.165) is 18.8 Å². The highest BCUT2D eigenvalue weighted by atomic mass is 16.5. The average molecular weight is 237 g/mol. The molecule has 1 aromatic carbocycles. The number of nitrogens with one attached hydrogen (secondary N) is 1. The Kier molecular flexibility index (Phi) is 5.49. The van der Waals surface area contributed by atoms with Crippen molar-refractivity contribution in [3.8, 4) is 0 Å². The van der Waals surface area contributed by atoms with Crippen molar-refractivity contribution in [2.45, 2.75) is 13.8 Å². The first kappa shape index (κ1) is 13.5. The molecule has 1 rings (SSSR count). The molecule has 0 amide bonds. The van der Waals surface area contributed by atoms with Gasteiger partial charge in [-0.15, -0.1) is 0 Å². The maximum Gasteiger partial charge on any atom is 0.335 e. The van der Waals surface area contributed by atoms with E-state index in [1.807, 2.05) is 0 Å². The quantitative estimate of drug-likeness (QED) is 0.715. The second-order valence-corrected chi connectivity index (χ2v) is 4.28. The van der Waals surface area contributed by atoms with Gasteiger partial charge in [-0.3, -0.25) is 0 Å². The van der Waals surface area contributed by atoms with Crippen LogP contribution in [0.25, 0.3) is 0 Å². The molecular formula is C13H19NO3. The Balaban J connectivity index is 2.25. The SMILES string of the molecule is CC(C)COCCNc1ccc(C(=O)O)cc1. The number of hydrogen-bond acceptors (Lipinski definition) is 3. The smallest absolute Gasteiger partial charge is 0.335 e. The zero-order chi connectivity index (χ0) is 12.7. The Morgan fingerprint density at radius 1 is 1.35 bits per heavy atom. The Labute approximate surface area is 102 Å². The Bertz CT molecular complexity index is 346. The lowest BCUT2D eigenvalue weighted by Crippen LogP contribution is -2.12. The number of benzene rings is 1. The van der Waals surface area contributed by atoms with Crippen LogP contribution in [-0.2, 0) is 4.74 Å². The fraction of sp³-hybridized carbons (Fsp3) is 0.462. The molecule has 4 nitrogen and oxygen atoms in total. The van der Waals surface area contributed by atoms with Gasteiger partial charge in [0.25, 0.3) is 0 Å². The molecule has 4 heteroatoms. The summed E-state index contributed by atoms with van der Waals surface area (Å²) in [5, 5.41) is 11.9. The third-order valence-corrected chi connectivity index (χ3v) is 2.16. The first-order valence-electron chi connectivity index (χ1n) is 5.74. The molecule has 0 aliphatic heterocycles. The minimum absolute atomic E-state index is 0.298. The second kappa shape index (κ2) is 6.91. The molecule has 0 radical (unpaired) electrons. The topological polar surface area (TPSA) is 58.6 Å². The number of aromatic carboxylic acids is 1. The van der Waals surface area contributed by atoms with Gasteiger partial charge in [-0.25, -0.2) is 4.79 Å². The van der Waals surface area contributed by atoms with Crippen LogP contribution in [0, 0.1) is 5.92 Å². The molecule has 2 N–H and O–H groups in total. The van der Waals surface area contributed by atoms with Crippen molar-refractivity contribution in [1.29, 1.82) is 0 Å². The predicted molar refractivity (Wildman–Crippen MR) is 67.5 cm³/mol. The Hall–Kier alpha value is -1.55. The maximum absolute atomic E-state index is 10.6. The van der Waals surface area contributed by atoms with Crippen molar-refractivity contribution < 1.29 is 14.6 Å². The first-order valence-corrected chi connectivity index (χ1v) is 5.74. The summed E-state index contributed by atoms with van der Waals surface area (Å²) >= 11 is 0. The summed E-state index contributed by atoms with van der Waals surface area (Å²) in [5.41, 5.74) is 1.20. The molecule has 0 fully saturated rings. The van der Waals surface area contributed by atoms with E-state index in [1.54, 1.807) is 24.3 Å². The van der Waals surface area contributed by atoms with Crippen LogP contribution in [-0.4, -0.2) is 30.8 Å². The van der Waals surface area contributed by atoms with E-state index in [0.29, 0.717) is 18.1 Å². The highest BCUT2D eigenvalue weighted by Crippen LogP contribution is 2.08. The minimum atomic E-state index is -0.906. The molecule has 0 unspecified atom stereocenters. The molecule has 0 heterocycles. The molecule has 1 aromatic rings. The average Bonchev–Trinajstić information content (AvgIpc) is 2.29. The summed E-state index contributed by atoms with van der Waals surface area (Å²) in [5.74, 6) is -0.360. The zero-order valence-electron chi connectivity index (χ0n) is 10.3. The van der Waals surface area contributed by atoms with Gasteiger partial charge in [-0.1, -0.05) is 13.8 Å². The lowest BCUT2D eigenvalue weighted by molar-refractivity contribution is 0.0697. The van der Waals surface area contributed by atoms with E-state index < -0.39 is 5.97 Å². The van der Waals surface area contributed by atoms with Crippen molar-refractivity contribution in [3.63, 3.8) is 0 Å². The molecular weight excluding hydrogens is 218 g/mol. The standard InChI is InChI=1S/C13H19NO3/c1-10(2)9-17-8-7-14-12-5-3-11(4-6-12)13(15)16/h3-6,10,14H,7-9H2,1-2H3,(H,15,16). The Morgan fingerprint density at radius 3 is 2.53 bits per heavy atom. The highest BCUT2D eigenvalue weighted by molar-refractivity contribution is 5.87. The van der Waals surface area contributed by atoms with E-state index in [-0.39, 0.29) is 0 Å². The van der Waals surface area contributed by atoms with Gasteiger partial charge in [0.1, 0.15) is 0 Å². The van der Waals surface area contributed by atoms with Crippen molar-refractivity contribution in [3.05, 3.63) is 29.8 Å². The van der Waals surface area contributed by atoms with E-state index >= 15 is 0 Å². The predicted octanol–water partition coefficient (Wildman–Crippen LogP) is 2.47. The van der Waals surface area contributed by atoms with Crippen LogP contribution in [0.2, 0.25) is 0 Å². The fourth-order valence-corrected chi connectivity index (χ4v) is 1.32. The van der Waals surface area contributed by atoms with Crippen LogP contribution in [0.15, 0.2) is 24.3 Å². The number of carbonyl (C=O) groups is 1. The van der Waals surface area contributed by atoms with Gasteiger partial charge in [-0.2, -0.15) is 0 Å². The molecule has 0 saturated heterocycles. The molecule has 94 valence electrons. The number of anilines is 1. The van der Waals surface area contributed by atoms with E-state index in [2.05, 4.69) is 19.2 Å². The summed E-state index contributed by atoms with van der Waals surface area (Å²) in [6, 6.07) is 6.68. The largest absolute Gasteiger partial charge is 0.478 e. The minimum Gasteiger partial charge on any atom is -0.478 e. The van der Waals surface area contributed by atoms with Crippen LogP contribution in [0.5, 0.6) is 0 Å². The van der Waals surface area contributed by atoms with Crippen LogP contribution < -0.4 is 5.32 Å². The van der Waals surface area contributed by atoms with Gasteiger partial charge in [-0.05, 0) is 30.2 Å². The van der Waals surface area contributed by atoms with Crippen molar-refractivity contribution in [2.75, 3.05) is 25.1 Å². The second-order valence-electron chi connectivity index (χ2n) is 4.28. The molecule has 0 aliphatic carbocycles.